The van der Waals surface area contributed by atoms with Gasteiger partial charge in [-0.2, -0.15) is 0 Å². The van der Waals surface area contributed by atoms with Gasteiger partial charge in [-0.25, -0.2) is 8.42 Å². The molecule has 0 aliphatic heterocycles. The molecule has 162 valence electrons. The maximum absolute atomic E-state index is 11.0. The normalized spacial score (nSPS) is 12.5. The summed E-state index contributed by atoms with van der Waals surface area (Å²) in [6.07, 6.45) is 19.7. The molecule has 0 saturated carbocycles. The van der Waals surface area contributed by atoms with Gasteiger partial charge in [-0.3, -0.25) is 0 Å². The van der Waals surface area contributed by atoms with Gasteiger partial charge in [-0.1, -0.05) is 109 Å². The molecule has 0 spiro atoms. The van der Waals surface area contributed by atoms with Gasteiger partial charge in [0.2, 0.25) is 0 Å². The predicted octanol–water partition coefficient (Wildman–Crippen LogP) is 4.25. The molecule has 0 fully saturated rings. The molecule has 0 amide bonds. The maximum atomic E-state index is 11.0. The number of benzene rings is 1. The standard InChI is InChI=1S/C24H42O3S.Na/c1-3-5-7-8-9-10-11-15-22(14-6-4-2)16-12-13-17-23-18-20-24(21-19-23)28(25,26)27;/h18-22H,3-17H2,1-2H3,(H,25,26,27);/q;+1/p-1. The van der Waals surface area contributed by atoms with Gasteiger partial charge in [-0.05, 0) is 36.5 Å². The Balaban J connectivity index is 0.00000784. The Morgan fingerprint density at radius 2 is 1.21 bits per heavy atom. The van der Waals surface area contributed by atoms with Gasteiger partial charge in [-0.15, -0.1) is 0 Å². The van der Waals surface area contributed by atoms with Crippen LogP contribution >= 0.6 is 0 Å². The van der Waals surface area contributed by atoms with Crippen LogP contribution in [0.4, 0.5) is 0 Å². The van der Waals surface area contributed by atoms with Crippen molar-refractivity contribution in [1.29, 1.82) is 0 Å². The van der Waals surface area contributed by atoms with Gasteiger partial charge in [0.25, 0.3) is 0 Å². The summed E-state index contributed by atoms with van der Waals surface area (Å²) in [6.45, 7) is 4.54. The summed E-state index contributed by atoms with van der Waals surface area (Å²) in [7, 11) is -4.33. The Morgan fingerprint density at radius 1 is 0.724 bits per heavy atom. The van der Waals surface area contributed by atoms with Crippen molar-refractivity contribution in [3.8, 4) is 0 Å². The second kappa shape index (κ2) is 17.8. The zero-order valence-corrected chi connectivity index (χ0v) is 21.9. The minimum atomic E-state index is -4.33. The second-order valence-electron chi connectivity index (χ2n) is 8.26. The number of rotatable bonds is 17. The van der Waals surface area contributed by atoms with Crippen LogP contribution < -0.4 is 29.6 Å². The minimum Gasteiger partial charge on any atom is -0.744 e. The Kier molecular flexibility index (Phi) is 17.9. The Bertz CT molecular complexity index is 599. The largest absolute Gasteiger partial charge is 1.00 e. The van der Waals surface area contributed by atoms with E-state index >= 15 is 0 Å². The van der Waals surface area contributed by atoms with E-state index in [1.165, 1.54) is 95.6 Å². The van der Waals surface area contributed by atoms with Gasteiger partial charge < -0.3 is 4.55 Å². The molecular weight excluding hydrogens is 391 g/mol. The van der Waals surface area contributed by atoms with Crippen LogP contribution in [0.5, 0.6) is 0 Å². The Morgan fingerprint density at radius 3 is 1.76 bits per heavy atom. The van der Waals surface area contributed by atoms with Crippen LogP contribution in [0.15, 0.2) is 29.2 Å². The number of aryl methyl sites for hydroxylation is 1. The summed E-state index contributed by atoms with van der Waals surface area (Å²) in [5.41, 5.74) is 1.12. The molecule has 5 heteroatoms. The quantitative estimate of drug-likeness (QED) is 0.210. The molecule has 0 saturated heterocycles. The first-order valence-corrected chi connectivity index (χ1v) is 12.9. The Hall–Kier alpha value is 0.130. The first-order valence-electron chi connectivity index (χ1n) is 11.5. The zero-order chi connectivity index (χ0) is 20.7. The van der Waals surface area contributed by atoms with Gasteiger partial charge in [0.05, 0.1) is 4.90 Å². The van der Waals surface area contributed by atoms with Crippen LogP contribution in [-0.2, 0) is 16.5 Å². The molecule has 1 atom stereocenters. The van der Waals surface area contributed by atoms with Crippen molar-refractivity contribution >= 4 is 10.1 Å². The average molecular weight is 433 g/mol. The topological polar surface area (TPSA) is 57.2 Å². The summed E-state index contributed by atoms with van der Waals surface area (Å²) in [5, 5.41) is 0. The summed E-state index contributed by atoms with van der Waals surface area (Å²) in [4.78, 5) is -0.134. The van der Waals surface area contributed by atoms with Crippen LogP contribution in [0.25, 0.3) is 0 Å². The fourth-order valence-corrected chi connectivity index (χ4v) is 4.37. The van der Waals surface area contributed by atoms with Gasteiger partial charge >= 0.3 is 29.6 Å². The molecular formula is C24H41NaO3S. The van der Waals surface area contributed by atoms with E-state index < -0.39 is 10.1 Å². The summed E-state index contributed by atoms with van der Waals surface area (Å²) < 4.78 is 33.0. The first kappa shape index (κ1) is 29.1. The third kappa shape index (κ3) is 14.7. The van der Waals surface area contributed by atoms with Gasteiger partial charge in [0.15, 0.2) is 0 Å². The van der Waals surface area contributed by atoms with E-state index in [1.807, 2.05) is 0 Å². The third-order valence-corrected chi connectivity index (χ3v) is 6.57. The fraction of sp³-hybridized carbons (Fsp3) is 0.750. The van der Waals surface area contributed by atoms with Crippen molar-refractivity contribution in [2.24, 2.45) is 5.92 Å². The van der Waals surface area contributed by atoms with Crippen LogP contribution in [0, 0.1) is 5.92 Å². The molecule has 0 bridgehead atoms. The van der Waals surface area contributed by atoms with E-state index in [1.54, 1.807) is 12.1 Å². The molecule has 0 aliphatic carbocycles. The molecule has 3 nitrogen and oxygen atoms in total. The van der Waals surface area contributed by atoms with Crippen molar-refractivity contribution in [3.63, 3.8) is 0 Å². The van der Waals surface area contributed by atoms with Crippen molar-refractivity contribution in [2.45, 2.75) is 115 Å². The second-order valence-corrected chi connectivity index (χ2v) is 9.64. The van der Waals surface area contributed by atoms with E-state index in [0.717, 1.165) is 24.3 Å². The van der Waals surface area contributed by atoms with Crippen LogP contribution in [0.1, 0.15) is 109 Å². The summed E-state index contributed by atoms with van der Waals surface area (Å²) in [5.74, 6) is 0.864. The number of hydrogen-bond acceptors (Lipinski definition) is 3. The molecule has 0 aromatic heterocycles. The van der Waals surface area contributed by atoms with E-state index in [9.17, 15) is 13.0 Å². The smallest absolute Gasteiger partial charge is 0.744 e. The molecule has 0 N–H and O–H groups in total. The molecule has 0 heterocycles. The van der Waals surface area contributed by atoms with E-state index in [-0.39, 0.29) is 34.5 Å². The van der Waals surface area contributed by atoms with Crippen molar-refractivity contribution < 1.29 is 42.5 Å². The van der Waals surface area contributed by atoms with E-state index in [0.29, 0.717) is 0 Å². The number of hydrogen-bond donors (Lipinski definition) is 0. The minimum absolute atomic E-state index is 0. The maximum Gasteiger partial charge on any atom is 1.00 e. The zero-order valence-electron chi connectivity index (χ0n) is 19.1. The monoisotopic (exact) mass is 432 g/mol. The van der Waals surface area contributed by atoms with Gasteiger partial charge in [0.1, 0.15) is 10.1 Å². The SMILES string of the molecule is CCCCCCCCCC(CCCC)CCCCc1ccc(S(=O)(=O)[O-])cc1.[Na+]. The van der Waals surface area contributed by atoms with Crippen LogP contribution in [0.2, 0.25) is 0 Å². The number of unbranched alkanes of at least 4 members (excludes halogenated alkanes) is 8. The van der Waals surface area contributed by atoms with Gasteiger partial charge in [0, 0.05) is 0 Å². The molecule has 1 aromatic rings. The molecule has 1 unspecified atom stereocenters. The molecule has 1 rings (SSSR count). The third-order valence-electron chi connectivity index (χ3n) is 5.72. The molecule has 29 heavy (non-hydrogen) atoms. The van der Waals surface area contributed by atoms with Crippen molar-refractivity contribution in [1.82, 2.24) is 0 Å². The Labute approximate surface area is 202 Å². The van der Waals surface area contributed by atoms with Crippen LogP contribution in [0.3, 0.4) is 0 Å². The molecule has 0 radical (unpaired) electrons. The average Bonchev–Trinajstić information content (AvgIpc) is 2.67. The first-order chi connectivity index (χ1) is 13.5. The summed E-state index contributed by atoms with van der Waals surface area (Å²) >= 11 is 0. The fourth-order valence-electron chi connectivity index (χ4n) is 3.90. The van der Waals surface area contributed by atoms with E-state index in [4.69, 9.17) is 0 Å². The molecule has 1 aromatic carbocycles. The van der Waals surface area contributed by atoms with Crippen LogP contribution in [-0.4, -0.2) is 13.0 Å². The predicted molar refractivity (Wildman–Crippen MR) is 118 cm³/mol. The van der Waals surface area contributed by atoms with Crippen molar-refractivity contribution in [2.75, 3.05) is 0 Å². The molecule has 0 aliphatic rings. The van der Waals surface area contributed by atoms with Crippen molar-refractivity contribution in [3.05, 3.63) is 29.8 Å². The summed E-state index contributed by atoms with van der Waals surface area (Å²) in [6, 6.07) is 6.42. The van der Waals surface area contributed by atoms with E-state index in [2.05, 4.69) is 13.8 Å².